The standard InChI is InChI=1S/C19H19N5O3/c1-26-14-3-5-17(27-2)16(11-14)22-19(25)15-4-6-18(24-23-15)21-12-13-7-9-20-10-8-13/h3-11H,12H2,1-2H3,(H,21,24)(H,22,25). The number of amides is 1. The number of nitrogens with one attached hydrogen (secondary N) is 2. The lowest BCUT2D eigenvalue weighted by molar-refractivity contribution is 0.102. The van der Waals surface area contributed by atoms with Gasteiger partial charge in [-0.15, -0.1) is 10.2 Å². The first-order valence-electron chi connectivity index (χ1n) is 8.19. The van der Waals surface area contributed by atoms with Crippen molar-refractivity contribution < 1.29 is 14.3 Å². The lowest BCUT2D eigenvalue weighted by Crippen LogP contribution is -2.15. The van der Waals surface area contributed by atoms with Crippen LogP contribution in [0.3, 0.4) is 0 Å². The number of anilines is 2. The summed E-state index contributed by atoms with van der Waals surface area (Å²) in [6.45, 7) is 0.587. The Kier molecular flexibility index (Phi) is 5.78. The molecule has 0 unspecified atom stereocenters. The van der Waals surface area contributed by atoms with E-state index in [-0.39, 0.29) is 5.69 Å². The smallest absolute Gasteiger partial charge is 0.276 e. The van der Waals surface area contributed by atoms with Gasteiger partial charge in [0.2, 0.25) is 0 Å². The van der Waals surface area contributed by atoms with Crippen LogP contribution in [0.1, 0.15) is 16.1 Å². The van der Waals surface area contributed by atoms with Crippen molar-refractivity contribution in [3.05, 3.63) is 66.1 Å². The van der Waals surface area contributed by atoms with Crippen molar-refractivity contribution in [2.75, 3.05) is 24.9 Å². The van der Waals surface area contributed by atoms with Gasteiger partial charge >= 0.3 is 0 Å². The zero-order chi connectivity index (χ0) is 19.1. The summed E-state index contributed by atoms with van der Waals surface area (Å²) < 4.78 is 10.4. The van der Waals surface area contributed by atoms with Gasteiger partial charge in [-0.1, -0.05) is 0 Å². The molecule has 3 aromatic rings. The largest absolute Gasteiger partial charge is 0.497 e. The molecule has 8 nitrogen and oxygen atoms in total. The molecule has 0 atom stereocenters. The summed E-state index contributed by atoms with van der Waals surface area (Å²) in [5.41, 5.74) is 1.75. The highest BCUT2D eigenvalue weighted by molar-refractivity contribution is 6.03. The zero-order valence-electron chi connectivity index (χ0n) is 15.0. The lowest BCUT2D eigenvalue weighted by Gasteiger charge is -2.11. The van der Waals surface area contributed by atoms with Gasteiger partial charge < -0.3 is 20.1 Å². The fourth-order valence-electron chi connectivity index (χ4n) is 2.34. The topological polar surface area (TPSA) is 98.3 Å². The molecule has 3 rings (SSSR count). The summed E-state index contributed by atoms with van der Waals surface area (Å²) in [6, 6.07) is 12.3. The Morgan fingerprint density at radius 1 is 1.00 bits per heavy atom. The Hall–Kier alpha value is -3.68. The second-order valence-electron chi connectivity index (χ2n) is 5.53. The first-order valence-corrected chi connectivity index (χ1v) is 8.19. The predicted molar refractivity (Wildman–Crippen MR) is 101 cm³/mol. The quantitative estimate of drug-likeness (QED) is 0.664. The minimum Gasteiger partial charge on any atom is -0.497 e. The maximum absolute atomic E-state index is 12.4. The summed E-state index contributed by atoms with van der Waals surface area (Å²) in [7, 11) is 3.08. The predicted octanol–water partition coefficient (Wildman–Crippen LogP) is 2.75. The van der Waals surface area contributed by atoms with Crippen molar-refractivity contribution in [2.45, 2.75) is 6.54 Å². The third-order valence-electron chi connectivity index (χ3n) is 3.78. The van der Waals surface area contributed by atoms with E-state index in [1.165, 1.54) is 7.11 Å². The number of carbonyl (C=O) groups excluding carboxylic acids is 1. The van der Waals surface area contributed by atoms with Crippen molar-refractivity contribution >= 4 is 17.4 Å². The molecule has 0 radical (unpaired) electrons. The highest BCUT2D eigenvalue weighted by Crippen LogP contribution is 2.29. The average Bonchev–Trinajstić information content (AvgIpc) is 2.73. The zero-order valence-corrected chi connectivity index (χ0v) is 15.0. The van der Waals surface area contributed by atoms with Gasteiger partial charge in [-0.3, -0.25) is 9.78 Å². The number of pyridine rings is 1. The molecule has 0 aliphatic rings. The van der Waals surface area contributed by atoms with Crippen molar-refractivity contribution in [3.63, 3.8) is 0 Å². The van der Waals surface area contributed by atoms with Gasteiger partial charge in [-0.25, -0.2) is 0 Å². The first-order chi connectivity index (χ1) is 13.2. The van der Waals surface area contributed by atoms with Crippen molar-refractivity contribution in [2.24, 2.45) is 0 Å². The van der Waals surface area contributed by atoms with Gasteiger partial charge in [0.25, 0.3) is 5.91 Å². The SMILES string of the molecule is COc1ccc(OC)c(NC(=O)c2ccc(NCc3ccncc3)nn2)c1. The number of ether oxygens (including phenoxy) is 2. The van der Waals surface area contributed by atoms with Gasteiger partial charge in [0.1, 0.15) is 17.3 Å². The molecule has 27 heavy (non-hydrogen) atoms. The molecule has 0 spiro atoms. The molecule has 138 valence electrons. The van der Waals surface area contributed by atoms with E-state index in [2.05, 4.69) is 25.8 Å². The number of aromatic nitrogens is 3. The van der Waals surface area contributed by atoms with E-state index < -0.39 is 5.91 Å². The highest BCUT2D eigenvalue weighted by atomic mass is 16.5. The molecule has 2 aromatic heterocycles. The van der Waals surface area contributed by atoms with Crippen LogP contribution in [0, 0.1) is 0 Å². The van der Waals surface area contributed by atoms with Crippen LogP contribution in [-0.2, 0) is 6.54 Å². The number of nitrogens with zero attached hydrogens (tertiary/aromatic N) is 3. The second kappa shape index (κ2) is 8.61. The van der Waals surface area contributed by atoms with Crippen LogP contribution in [0.2, 0.25) is 0 Å². The van der Waals surface area contributed by atoms with E-state index in [1.54, 1.807) is 49.8 Å². The van der Waals surface area contributed by atoms with E-state index >= 15 is 0 Å². The second-order valence-corrected chi connectivity index (χ2v) is 5.53. The third kappa shape index (κ3) is 4.69. The van der Waals surface area contributed by atoms with E-state index in [4.69, 9.17) is 9.47 Å². The van der Waals surface area contributed by atoms with Gasteiger partial charge in [0.05, 0.1) is 19.9 Å². The van der Waals surface area contributed by atoms with Crippen molar-refractivity contribution in [3.8, 4) is 11.5 Å². The van der Waals surface area contributed by atoms with Crippen LogP contribution in [0.25, 0.3) is 0 Å². The van der Waals surface area contributed by atoms with Crippen LogP contribution in [0.4, 0.5) is 11.5 Å². The molecule has 1 amide bonds. The van der Waals surface area contributed by atoms with Crippen LogP contribution in [0.5, 0.6) is 11.5 Å². The van der Waals surface area contributed by atoms with Crippen LogP contribution >= 0.6 is 0 Å². The molecular weight excluding hydrogens is 346 g/mol. The molecule has 0 aliphatic heterocycles. The minimum absolute atomic E-state index is 0.189. The van der Waals surface area contributed by atoms with E-state index in [1.807, 2.05) is 12.1 Å². The van der Waals surface area contributed by atoms with Gasteiger partial charge in [-0.05, 0) is 42.0 Å². The molecule has 0 bridgehead atoms. The molecule has 1 aromatic carbocycles. The van der Waals surface area contributed by atoms with Gasteiger partial charge in [-0.2, -0.15) is 0 Å². The maximum Gasteiger partial charge on any atom is 0.276 e. The Balaban J connectivity index is 1.65. The Morgan fingerprint density at radius 3 is 2.48 bits per heavy atom. The molecule has 0 aliphatic carbocycles. The summed E-state index contributed by atoms with van der Waals surface area (Å²) in [4.78, 5) is 16.4. The van der Waals surface area contributed by atoms with Gasteiger partial charge in [0, 0.05) is 25.0 Å². The number of rotatable bonds is 7. The summed E-state index contributed by atoms with van der Waals surface area (Å²) in [5, 5.41) is 13.9. The molecule has 0 saturated heterocycles. The number of methoxy groups -OCH3 is 2. The lowest BCUT2D eigenvalue weighted by atomic mass is 10.2. The fraction of sp³-hybridized carbons (Fsp3) is 0.158. The summed E-state index contributed by atoms with van der Waals surface area (Å²) >= 11 is 0. The Labute approximate surface area is 156 Å². The molecule has 0 fully saturated rings. The van der Waals surface area contributed by atoms with E-state index in [9.17, 15) is 4.79 Å². The van der Waals surface area contributed by atoms with E-state index in [0.717, 1.165) is 5.56 Å². The number of carbonyl (C=O) groups is 1. The number of benzene rings is 1. The van der Waals surface area contributed by atoms with Crippen molar-refractivity contribution in [1.29, 1.82) is 0 Å². The molecule has 0 saturated carbocycles. The van der Waals surface area contributed by atoms with Gasteiger partial charge in [0.15, 0.2) is 5.69 Å². The van der Waals surface area contributed by atoms with Crippen LogP contribution < -0.4 is 20.1 Å². The Bertz CT molecular complexity index is 901. The summed E-state index contributed by atoms with van der Waals surface area (Å²) in [6.07, 6.45) is 3.45. The Morgan fingerprint density at radius 2 is 1.81 bits per heavy atom. The minimum atomic E-state index is -0.394. The maximum atomic E-state index is 12.4. The molecule has 2 N–H and O–H groups in total. The number of hydrogen-bond donors (Lipinski definition) is 2. The fourth-order valence-corrected chi connectivity index (χ4v) is 2.34. The molecule has 8 heteroatoms. The normalized spacial score (nSPS) is 10.1. The highest BCUT2D eigenvalue weighted by Gasteiger charge is 2.13. The van der Waals surface area contributed by atoms with Crippen LogP contribution in [0.15, 0.2) is 54.9 Å². The summed E-state index contributed by atoms with van der Waals surface area (Å²) in [5.74, 6) is 1.30. The first kappa shape index (κ1) is 18.1. The number of hydrogen-bond acceptors (Lipinski definition) is 7. The monoisotopic (exact) mass is 365 g/mol. The van der Waals surface area contributed by atoms with Crippen LogP contribution in [-0.4, -0.2) is 35.3 Å². The molecular formula is C19H19N5O3. The molecule has 2 heterocycles. The van der Waals surface area contributed by atoms with Crippen molar-refractivity contribution in [1.82, 2.24) is 15.2 Å². The third-order valence-corrected chi connectivity index (χ3v) is 3.78. The van der Waals surface area contributed by atoms with E-state index in [0.29, 0.717) is 29.5 Å². The average molecular weight is 365 g/mol.